The van der Waals surface area contributed by atoms with E-state index in [0.717, 1.165) is 57.5 Å². The van der Waals surface area contributed by atoms with Gasteiger partial charge in [0.15, 0.2) is 0 Å². The van der Waals surface area contributed by atoms with E-state index in [4.69, 9.17) is 11.6 Å². The number of rotatable bonds is 5. The molecule has 38 heavy (non-hydrogen) atoms. The second-order valence-electron chi connectivity index (χ2n) is 9.43. The van der Waals surface area contributed by atoms with Crippen LogP contribution in [0.25, 0.3) is 17.0 Å². The van der Waals surface area contributed by atoms with Crippen molar-refractivity contribution < 1.29 is 18.0 Å². The Balaban J connectivity index is 1.33. The molecule has 0 unspecified atom stereocenters. The Morgan fingerprint density at radius 2 is 1.92 bits per heavy atom. The summed E-state index contributed by atoms with van der Waals surface area (Å²) in [5.41, 5.74) is 5.00. The molecule has 9 heteroatoms. The van der Waals surface area contributed by atoms with Crippen molar-refractivity contribution in [1.82, 2.24) is 19.8 Å². The predicted octanol–water partition coefficient (Wildman–Crippen LogP) is 6.85. The Labute approximate surface area is 223 Å². The van der Waals surface area contributed by atoms with Crippen LogP contribution in [0.15, 0.2) is 66.9 Å². The van der Waals surface area contributed by atoms with Crippen LogP contribution in [0.2, 0.25) is 5.15 Å². The zero-order valence-corrected chi connectivity index (χ0v) is 21.5. The smallest absolute Gasteiger partial charge is 0.333 e. The number of fused-ring (bicyclic) bond motifs is 3. The summed E-state index contributed by atoms with van der Waals surface area (Å²) in [4.78, 5) is 19.6. The van der Waals surface area contributed by atoms with Crippen molar-refractivity contribution in [2.45, 2.75) is 32.6 Å². The lowest BCUT2D eigenvalue weighted by atomic mass is 10.0. The molecule has 4 aromatic rings. The van der Waals surface area contributed by atoms with Crippen LogP contribution in [0.3, 0.4) is 0 Å². The van der Waals surface area contributed by atoms with Crippen LogP contribution in [0.1, 0.15) is 33.5 Å². The molecule has 0 atom stereocenters. The van der Waals surface area contributed by atoms with E-state index in [0.29, 0.717) is 31.2 Å². The number of amides is 1. The van der Waals surface area contributed by atoms with Gasteiger partial charge in [-0.15, -0.1) is 0 Å². The molecule has 0 saturated carbocycles. The first-order valence-corrected chi connectivity index (χ1v) is 12.6. The highest BCUT2D eigenvalue weighted by atomic mass is 35.5. The molecule has 0 bridgehead atoms. The second kappa shape index (κ2) is 10.6. The maximum absolute atomic E-state index is 13.4. The van der Waals surface area contributed by atoms with Crippen molar-refractivity contribution >= 4 is 34.6 Å². The average molecular weight is 539 g/mol. The quantitative estimate of drug-likeness (QED) is 0.283. The fourth-order valence-corrected chi connectivity index (χ4v) is 5.04. The molecular formula is C29H26ClF3N4O. The van der Waals surface area contributed by atoms with Crippen molar-refractivity contribution in [3.05, 3.63) is 106 Å². The molecule has 0 spiro atoms. The van der Waals surface area contributed by atoms with Crippen LogP contribution in [-0.2, 0) is 25.7 Å². The number of aromatic nitrogens is 2. The standard InChI is InChI=1S/C29H26ClF3N4O/c1-19-4-9-23-24-18-36(13-2-3-20-5-7-22(8-6-20)29(31,32)33)14-11-25(24)37(26(23)15-19)28(38)35-17-21-10-12-34-27(30)16-21/h2-10,12,15-16H,11,13-14,17-18H2,1H3,(H,35,38)/b3-2+. The molecule has 1 amide bonds. The Morgan fingerprint density at radius 1 is 1.13 bits per heavy atom. The van der Waals surface area contributed by atoms with Crippen LogP contribution in [0.4, 0.5) is 18.0 Å². The fraction of sp³-hybridized carbons (Fsp3) is 0.241. The number of pyridine rings is 1. The van der Waals surface area contributed by atoms with E-state index in [2.05, 4.69) is 21.3 Å². The van der Waals surface area contributed by atoms with Crippen molar-refractivity contribution in [2.24, 2.45) is 0 Å². The Hall–Kier alpha value is -3.62. The molecule has 0 saturated heterocycles. The average Bonchev–Trinajstić information content (AvgIpc) is 3.20. The van der Waals surface area contributed by atoms with Gasteiger partial charge in [0.1, 0.15) is 5.15 Å². The summed E-state index contributed by atoms with van der Waals surface area (Å²) >= 11 is 5.98. The lowest BCUT2D eigenvalue weighted by molar-refractivity contribution is -0.137. The number of hydrogen-bond donors (Lipinski definition) is 1. The molecular weight excluding hydrogens is 513 g/mol. The first-order valence-electron chi connectivity index (χ1n) is 12.3. The van der Waals surface area contributed by atoms with Gasteiger partial charge < -0.3 is 5.32 Å². The van der Waals surface area contributed by atoms with Gasteiger partial charge >= 0.3 is 12.2 Å². The number of nitrogens with zero attached hydrogens (tertiary/aromatic N) is 3. The highest BCUT2D eigenvalue weighted by Gasteiger charge is 2.30. The number of benzene rings is 2. The topological polar surface area (TPSA) is 50.2 Å². The lowest BCUT2D eigenvalue weighted by Crippen LogP contribution is -2.34. The molecule has 1 N–H and O–H groups in total. The minimum atomic E-state index is -4.34. The zero-order chi connectivity index (χ0) is 26.9. The Kier molecular flexibility index (Phi) is 7.27. The van der Waals surface area contributed by atoms with Crippen LogP contribution in [0.5, 0.6) is 0 Å². The third-order valence-electron chi connectivity index (χ3n) is 6.73. The fourth-order valence-electron chi connectivity index (χ4n) is 4.84. The van der Waals surface area contributed by atoms with E-state index in [1.165, 1.54) is 12.1 Å². The molecule has 2 aromatic heterocycles. The Bertz CT molecular complexity index is 1510. The van der Waals surface area contributed by atoms with Crippen molar-refractivity contribution in [3.63, 3.8) is 0 Å². The van der Waals surface area contributed by atoms with Gasteiger partial charge in [0.25, 0.3) is 0 Å². The number of carbonyl (C=O) groups excluding carboxylic acids is 1. The number of hydrogen-bond acceptors (Lipinski definition) is 3. The summed E-state index contributed by atoms with van der Waals surface area (Å²) in [6, 6.07) is 14.6. The number of alkyl halides is 3. The molecule has 1 aliphatic heterocycles. The van der Waals surface area contributed by atoms with E-state index in [1.54, 1.807) is 16.8 Å². The zero-order valence-electron chi connectivity index (χ0n) is 20.7. The van der Waals surface area contributed by atoms with Crippen LogP contribution in [0, 0.1) is 6.92 Å². The molecule has 2 aromatic carbocycles. The molecule has 0 fully saturated rings. The van der Waals surface area contributed by atoms with E-state index in [9.17, 15) is 18.0 Å². The predicted molar refractivity (Wildman–Crippen MR) is 143 cm³/mol. The van der Waals surface area contributed by atoms with Gasteiger partial charge in [-0.05, 0) is 59.5 Å². The van der Waals surface area contributed by atoms with E-state index in [1.807, 2.05) is 37.3 Å². The van der Waals surface area contributed by atoms with Gasteiger partial charge in [0, 0.05) is 49.9 Å². The number of aryl methyl sites for hydroxylation is 1. The summed E-state index contributed by atoms with van der Waals surface area (Å²) < 4.78 is 40.2. The van der Waals surface area contributed by atoms with Crippen LogP contribution < -0.4 is 5.32 Å². The maximum Gasteiger partial charge on any atom is 0.416 e. The molecule has 196 valence electrons. The first kappa shape index (κ1) is 26.0. The largest absolute Gasteiger partial charge is 0.416 e. The maximum atomic E-state index is 13.4. The Morgan fingerprint density at radius 3 is 2.66 bits per heavy atom. The highest BCUT2D eigenvalue weighted by molar-refractivity contribution is 6.29. The van der Waals surface area contributed by atoms with Gasteiger partial charge in [-0.2, -0.15) is 13.2 Å². The van der Waals surface area contributed by atoms with E-state index in [-0.39, 0.29) is 6.03 Å². The summed E-state index contributed by atoms with van der Waals surface area (Å²) in [7, 11) is 0. The summed E-state index contributed by atoms with van der Waals surface area (Å²) in [5.74, 6) is 0. The summed E-state index contributed by atoms with van der Waals surface area (Å²) in [5, 5.41) is 4.43. The molecule has 1 aliphatic rings. The number of nitrogens with one attached hydrogen (secondary N) is 1. The lowest BCUT2D eigenvalue weighted by Gasteiger charge is -2.27. The van der Waals surface area contributed by atoms with Crippen LogP contribution in [-0.4, -0.2) is 33.6 Å². The number of carbonyl (C=O) groups is 1. The third kappa shape index (κ3) is 5.61. The molecule has 5 rings (SSSR count). The van der Waals surface area contributed by atoms with Gasteiger partial charge in [0.2, 0.25) is 0 Å². The molecule has 0 radical (unpaired) electrons. The van der Waals surface area contributed by atoms with Gasteiger partial charge in [-0.25, -0.2) is 9.78 Å². The second-order valence-corrected chi connectivity index (χ2v) is 9.82. The van der Waals surface area contributed by atoms with Gasteiger partial charge in [-0.3, -0.25) is 9.47 Å². The van der Waals surface area contributed by atoms with Crippen molar-refractivity contribution in [3.8, 4) is 0 Å². The molecule has 0 aliphatic carbocycles. The van der Waals surface area contributed by atoms with Crippen LogP contribution >= 0.6 is 11.6 Å². The summed E-state index contributed by atoms with van der Waals surface area (Å²) in [6.45, 7) is 4.42. The SMILES string of the molecule is Cc1ccc2c3c(n(C(=O)NCc4ccnc(Cl)c4)c2c1)CCN(C/C=C/c1ccc(C(F)(F)F)cc1)C3. The minimum Gasteiger partial charge on any atom is -0.333 e. The van der Waals surface area contributed by atoms with E-state index >= 15 is 0 Å². The monoisotopic (exact) mass is 538 g/mol. The molecule has 3 heterocycles. The van der Waals surface area contributed by atoms with Gasteiger partial charge in [-0.1, -0.05) is 48.0 Å². The third-order valence-corrected chi connectivity index (χ3v) is 6.94. The van der Waals surface area contributed by atoms with Crippen molar-refractivity contribution in [2.75, 3.05) is 13.1 Å². The highest BCUT2D eigenvalue weighted by Crippen LogP contribution is 2.32. The summed E-state index contributed by atoms with van der Waals surface area (Å²) in [6.07, 6.45) is 1.77. The van der Waals surface area contributed by atoms with Crippen molar-refractivity contribution in [1.29, 1.82) is 0 Å². The molecule has 5 nitrogen and oxygen atoms in total. The first-order chi connectivity index (χ1) is 18.2. The van der Waals surface area contributed by atoms with Gasteiger partial charge in [0.05, 0.1) is 11.1 Å². The normalized spacial score (nSPS) is 14.2. The minimum absolute atomic E-state index is 0.189. The number of halogens is 4. The van der Waals surface area contributed by atoms with E-state index < -0.39 is 11.7 Å².